The van der Waals surface area contributed by atoms with Crippen molar-refractivity contribution in [3.05, 3.63) is 34.9 Å². The average molecular weight is 256 g/mol. The quantitative estimate of drug-likeness (QED) is 0.896. The Morgan fingerprint density at radius 2 is 2.17 bits per heavy atom. The summed E-state index contributed by atoms with van der Waals surface area (Å²) in [4.78, 5) is 0. The highest BCUT2D eigenvalue weighted by atomic mass is 19.2. The second kappa shape index (κ2) is 5.76. The largest absolute Gasteiger partial charge is 0.388 e. The van der Waals surface area contributed by atoms with Gasteiger partial charge in [0.1, 0.15) is 0 Å². The maximum atomic E-state index is 13.6. The number of hydrogen-bond acceptors (Lipinski definition) is 2. The molecule has 0 radical (unpaired) electrons. The first-order chi connectivity index (χ1) is 8.59. The second-order valence-corrected chi connectivity index (χ2v) is 4.83. The zero-order chi connectivity index (χ0) is 13.1. The van der Waals surface area contributed by atoms with E-state index in [0.717, 1.165) is 19.4 Å². The molecule has 100 valence electrons. The molecule has 18 heavy (non-hydrogen) atoms. The monoisotopic (exact) mass is 256 g/mol. The number of aryl methyl sites for hydroxylation is 1. The smallest absolute Gasteiger partial charge is 0.164 e. The van der Waals surface area contributed by atoms with Gasteiger partial charge in [0.2, 0.25) is 0 Å². The van der Waals surface area contributed by atoms with Crippen LogP contribution in [0.25, 0.3) is 0 Å². The lowest BCUT2D eigenvalue weighted by atomic mass is 10.00. The van der Waals surface area contributed by atoms with E-state index in [1.54, 1.807) is 0 Å². The van der Waals surface area contributed by atoms with Gasteiger partial charge in [0.25, 0.3) is 0 Å². The Kier molecular flexibility index (Phi) is 4.30. The van der Waals surface area contributed by atoms with Crippen LogP contribution in [0, 0.1) is 18.6 Å². The minimum atomic E-state index is -0.968. The Labute approximate surface area is 106 Å². The van der Waals surface area contributed by atoms with Gasteiger partial charge in [0.15, 0.2) is 11.6 Å². The standard InChI is InChI=1S/C14H18F2O2/c1-9-4-6-11(14(16)13(9)15)12(17)7-5-10-3-2-8-18-10/h4,6,10,12,17H,2-3,5,7-8H2,1H3. The topological polar surface area (TPSA) is 29.5 Å². The van der Waals surface area contributed by atoms with E-state index in [4.69, 9.17) is 4.74 Å². The van der Waals surface area contributed by atoms with Crippen molar-refractivity contribution in [3.63, 3.8) is 0 Å². The van der Waals surface area contributed by atoms with Crippen molar-refractivity contribution in [1.29, 1.82) is 0 Å². The summed E-state index contributed by atoms with van der Waals surface area (Å²) in [7, 11) is 0. The van der Waals surface area contributed by atoms with Crippen LogP contribution < -0.4 is 0 Å². The number of hydrogen-bond donors (Lipinski definition) is 1. The Morgan fingerprint density at radius 3 is 2.83 bits per heavy atom. The molecule has 0 saturated carbocycles. The summed E-state index contributed by atoms with van der Waals surface area (Å²) < 4.78 is 32.5. The SMILES string of the molecule is Cc1ccc(C(O)CCC2CCCO2)c(F)c1F. The minimum Gasteiger partial charge on any atom is -0.388 e. The first-order valence-electron chi connectivity index (χ1n) is 6.33. The predicted molar refractivity (Wildman–Crippen MR) is 64.3 cm³/mol. The molecule has 0 spiro atoms. The van der Waals surface area contributed by atoms with E-state index < -0.39 is 17.7 Å². The van der Waals surface area contributed by atoms with Crippen LogP contribution in [0.1, 0.15) is 42.9 Å². The van der Waals surface area contributed by atoms with E-state index in [1.165, 1.54) is 19.1 Å². The maximum absolute atomic E-state index is 13.6. The van der Waals surface area contributed by atoms with Crippen LogP contribution in [-0.4, -0.2) is 17.8 Å². The van der Waals surface area contributed by atoms with Gasteiger partial charge in [-0.3, -0.25) is 0 Å². The molecular weight excluding hydrogens is 238 g/mol. The highest BCUT2D eigenvalue weighted by molar-refractivity contribution is 5.26. The van der Waals surface area contributed by atoms with Crippen LogP contribution in [0.15, 0.2) is 12.1 Å². The van der Waals surface area contributed by atoms with E-state index in [0.29, 0.717) is 12.8 Å². The van der Waals surface area contributed by atoms with Crippen molar-refractivity contribution >= 4 is 0 Å². The van der Waals surface area contributed by atoms with E-state index in [9.17, 15) is 13.9 Å². The lowest BCUT2D eigenvalue weighted by Crippen LogP contribution is -2.09. The molecule has 2 unspecified atom stereocenters. The van der Waals surface area contributed by atoms with Gasteiger partial charge in [-0.15, -0.1) is 0 Å². The minimum absolute atomic E-state index is 0.0381. The number of benzene rings is 1. The molecule has 1 saturated heterocycles. The number of aliphatic hydroxyl groups is 1. The van der Waals surface area contributed by atoms with Gasteiger partial charge in [-0.2, -0.15) is 0 Å². The fourth-order valence-corrected chi connectivity index (χ4v) is 2.29. The van der Waals surface area contributed by atoms with Crippen molar-refractivity contribution in [2.75, 3.05) is 6.61 Å². The maximum Gasteiger partial charge on any atom is 0.164 e. The van der Waals surface area contributed by atoms with Crippen LogP contribution in [0.4, 0.5) is 8.78 Å². The molecule has 1 N–H and O–H groups in total. The van der Waals surface area contributed by atoms with Gasteiger partial charge in [0.05, 0.1) is 12.2 Å². The Morgan fingerprint density at radius 1 is 1.39 bits per heavy atom. The summed E-state index contributed by atoms with van der Waals surface area (Å²) >= 11 is 0. The summed E-state index contributed by atoms with van der Waals surface area (Å²) in [5.41, 5.74) is 0.290. The number of ether oxygens (including phenoxy) is 1. The third-order valence-electron chi connectivity index (χ3n) is 3.45. The van der Waals surface area contributed by atoms with Crippen molar-refractivity contribution in [3.8, 4) is 0 Å². The molecule has 0 bridgehead atoms. The first-order valence-corrected chi connectivity index (χ1v) is 6.33. The van der Waals surface area contributed by atoms with Crippen LogP contribution in [0.3, 0.4) is 0 Å². The summed E-state index contributed by atoms with van der Waals surface area (Å²) in [5, 5.41) is 9.91. The lowest BCUT2D eigenvalue weighted by Gasteiger charge is -2.15. The molecule has 0 aliphatic carbocycles. The molecular formula is C14H18F2O2. The van der Waals surface area contributed by atoms with Crippen LogP contribution in [-0.2, 0) is 4.74 Å². The van der Waals surface area contributed by atoms with E-state index in [-0.39, 0.29) is 17.2 Å². The fraction of sp³-hybridized carbons (Fsp3) is 0.571. The molecule has 1 heterocycles. The third-order valence-corrected chi connectivity index (χ3v) is 3.45. The lowest BCUT2D eigenvalue weighted by molar-refractivity contribution is 0.0801. The molecule has 1 aliphatic rings. The Bertz CT molecular complexity index is 415. The zero-order valence-electron chi connectivity index (χ0n) is 10.5. The Balaban J connectivity index is 1.99. The number of halogens is 2. The van der Waals surface area contributed by atoms with Crippen LogP contribution in [0.2, 0.25) is 0 Å². The molecule has 4 heteroatoms. The summed E-state index contributed by atoms with van der Waals surface area (Å²) in [5.74, 6) is -1.81. The molecule has 1 aromatic rings. The highest BCUT2D eigenvalue weighted by Crippen LogP contribution is 2.27. The average Bonchev–Trinajstić information content (AvgIpc) is 2.86. The fourth-order valence-electron chi connectivity index (χ4n) is 2.29. The molecule has 2 nitrogen and oxygen atoms in total. The number of rotatable bonds is 4. The van der Waals surface area contributed by atoms with Crippen molar-refractivity contribution in [2.45, 2.75) is 44.8 Å². The number of aliphatic hydroxyl groups excluding tert-OH is 1. The molecule has 0 amide bonds. The molecule has 2 atom stereocenters. The first kappa shape index (κ1) is 13.4. The van der Waals surface area contributed by atoms with Gasteiger partial charge in [-0.1, -0.05) is 12.1 Å². The highest BCUT2D eigenvalue weighted by Gasteiger charge is 2.21. The van der Waals surface area contributed by atoms with Gasteiger partial charge >= 0.3 is 0 Å². The van der Waals surface area contributed by atoms with E-state index >= 15 is 0 Å². The van der Waals surface area contributed by atoms with Crippen LogP contribution in [0.5, 0.6) is 0 Å². The van der Waals surface area contributed by atoms with Gasteiger partial charge in [-0.25, -0.2) is 8.78 Å². The molecule has 1 fully saturated rings. The van der Waals surface area contributed by atoms with Gasteiger partial charge in [0, 0.05) is 12.2 Å². The summed E-state index contributed by atoms with van der Waals surface area (Å²) in [6, 6.07) is 2.94. The zero-order valence-corrected chi connectivity index (χ0v) is 10.5. The normalized spacial score (nSPS) is 21.2. The molecule has 1 aromatic carbocycles. The van der Waals surface area contributed by atoms with E-state index in [2.05, 4.69) is 0 Å². The van der Waals surface area contributed by atoms with Crippen LogP contribution >= 0.6 is 0 Å². The van der Waals surface area contributed by atoms with Gasteiger partial charge in [-0.05, 0) is 38.2 Å². The Hall–Kier alpha value is -1.00. The predicted octanol–water partition coefficient (Wildman–Crippen LogP) is 3.27. The third kappa shape index (κ3) is 2.87. The van der Waals surface area contributed by atoms with Gasteiger partial charge < -0.3 is 9.84 Å². The molecule has 0 aromatic heterocycles. The second-order valence-electron chi connectivity index (χ2n) is 4.83. The summed E-state index contributed by atoms with van der Waals surface area (Å²) in [6.07, 6.45) is 2.27. The van der Waals surface area contributed by atoms with Crippen molar-refractivity contribution in [1.82, 2.24) is 0 Å². The van der Waals surface area contributed by atoms with E-state index in [1.807, 2.05) is 0 Å². The molecule has 2 rings (SSSR count). The van der Waals surface area contributed by atoms with Crippen molar-refractivity contribution in [2.24, 2.45) is 0 Å². The molecule has 1 aliphatic heterocycles. The van der Waals surface area contributed by atoms with Crippen molar-refractivity contribution < 1.29 is 18.6 Å². The summed E-state index contributed by atoms with van der Waals surface area (Å²) in [6.45, 7) is 2.26.